The number of amides is 1. The number of rotatable bonds is 7. The highest BCUT2D eigenvalue weighted by atomic mass is 35.5. The molecule has 0 bridgehead atoms. The van der Waals surface area contributed by atoms with Crippen LogP contribution in [0.5, 0.6) is 0 Å². The van der Waals surface area contributed by atoms with Crippen LogP contribution >= 0.6 is 35.0 Å². The Morgan fingerprint density at radius 2 is 2.10 bits per heavy atom. The number of aryl methyl sites for hydroxylation is 1. The molecule has 2 atom stereocenters. The van der Waals surface area contributed by atoms with E-state index in [1.807, 2.05) is 42.2 Å². The number of thioether (sulfide) groups is 1. The Bertz CT molecular complexity index is 877. The molecular weight excluding hydrogens is 425 g/mol. The highest BCUT2D eigenvalue weighted by Crippen LogP contribution is 2.32. The molecule has 1 amide bonds. The van der Waals surface area contributed by atoms with Crippen LogP contribution in [0.3, 0.4) is 0 Å². The molecule has 0 spiro atoms. The molecule has 1 heterocycles. The molecule has 1 aromatic rings. The number of carbonyl (C=O) groups is 1. The van der Waals surface area contributed by atoms with Crippen LogP contribution in [0.4, 0.5) is 0 Å². The van der Waals surface area contributed by atoms with Crippen LogP contribution in [-0.4, -0.2) is 39.6 Å². The average Bonchev–Trinajstić information content (AvgIpc) is 3.06. The van der Waals surface area contributed by atoms with Gasteiger partial charge in [-0.05, 0) is 25.8 Å². The summed E-state index contributed by atoms with van der Waals surface area (Å²) in [6, 6.07) is 8.15. The number of hydrogen-bond acceptors (Lipinski definition) is 4. The number of allylic oxidation sites excluding steroid dienone is 3. The highest BCUT2D eigenvalue weighted by molar-refractivity contribution is 8.01. The maximum Gasteiger partial charge on any atom is 0.233 e. The lowest BCUT2D eigenvalue weighted by atomic mass is 10.0. The number of nitrogens with one attached hydrogen (secondary N) is 1. The molecular formula is C22H25Cl2N3OS. The Balaban J connectivity index is 1.90. The fraction of sp³-hybridized carbons (Fsp3) is 0.364. The number of alkyl halides is 1. The summed E-state index contributed by atoms with van der Waals surface area (Å²) in [5.41, 5.74) is 7.57. The summed E-state index contributed by atoms with van der Waals surface area (Å²) < 4.78 is 0. The van der Waals surface area contributed by atoms with Crippen molar-refractivity contribution in [2.75, 3.05) is 12.3 Å². The SMILES string of the molecule is C=C(/C(=N\NC1=CCC(Cl)C(Cl)=C1)c1ccc(C)cc1)C1SCC(=O)N1CCC. The van der Waals surface area contributed by atoms with Crippen molar-refractivity contribution >= 4 is 46.6 Å². The van der Waals surface area contributed by atoms with Crippen LogP contribution in [0.2, 0.25) is 0 Å². The summed E-state index contributed by atoms with van der Waals surface area (Å²) in [4.78, 5) is 14.2. The largest absolute Gasteiger partial charge is 0.326 e. The van der Waals surface area contributed by atoms with Gasteiger partial charge in [-0.2, -0.15) is 5.10 Å². The Morgan fingerprint density at radius 1 is 1.38 bits per heavy atom. The molecule has 0 aromatic heterocycles. The third kappa shape index (κ3) is 5.27. The topological polar surface area (TPSA) is 44.7 Å². The molecule has 1 N–H and O–H groups in total. The fourth-order valence-corrected chi connectivity index (χ4v) is 4.76. The normalized spacial score (nSPS) is 22.4. The van der Waals surface area contributed by atoms with E-state index in [9.17, 15) is 4.79 Å². The monoisotopic (exact) mass is 449 g/mol. The van der Waals surface area contributed by atoms with Crippen LogP contribution in [0.25, 0.3) is 0 Å². The second-order valence-electron chi connectivity index (χ2n) is 7.11. The molecule has 2 unspecified atom stereocenters. The van der Waals surface area contributed by atoms with Crippen LogP contribution < -0.4 is 5.43 Å². The standard InChI is InChI=1S/C22H25Cl2N3OS/c1-4-11-27-20(28)13-29-22(27)15(3)21(16-7-5-14(2)6-8-16)26-25-17-9-10-18(23)19(24)12-17/h5-9,12,18,22,25H,3-4,10-11,13H2,1-2H3/b26-21+. The Morgan fingerprint density at radius 3 is 2.76 bits per heavy atom. The predicted molar refractivity (Wildman–Crippen MR) is 125 cm³/mol. The van der Waals surface area contributed by atoms with Gasteiger partial charge in [-0.3, -0.25) is 10.2 Å². The van der Waals surface area contributed by atoms with Gasteiger partial charge < -0.3 is 4.90 Å². The van der Waals surface area contributed by atoms with Gasteiger partial charge in [-0.1, -0.05) is 61.0 Å². The van der Waals surface area contributed by atoms with E-state index in [-0.39, 0.29) is 16.7 Å². The molecule has 154 valence electrons. The van der Waals surface area contributed by atoms with Gasteiger partial charge >= 0.3 is 0 Å². The molecule has 7 heteroatoms. The Hall–Kier alpha value is -1.69. The molecule has 3 rings (SSSR count). The van der Waals surface area contributed by atoms with Crippen molar-refractivity contribution in [3.63, 3.8) is 0 Å². The first-order valence-electron chi connectivity index (χ1n) is 9.63. The van der Waals surface area contributed by atoms with Crippen LogP contribution in [0.15, 0.2) is 64.4 Å². The number of carbonyl (C=O) groups excluding carboxylic acids is 1. The summed E-state index contributed by atoms with van der Waals surface area (Å²) in [5.74, 6) is 0.621. The quantitative estimate of drug-likeness (QED) is 0.354. The number of hydrazone groups is 1. The lowest BCUT2D eigenvalue weighted by Gasteiger charge is -2.26. The van der Waals surface area contributed by atoms with E-state index in [1.165, 1.54) is 5.56 Å². The van der Waals surface area contributed by atoms with Crippen LogP contribution in [0, 0.1) is 6.92 Å². The minimum atomic E-state index is -0.193. The van der Waals surface area contributed by atoms with Gasteiger partial charge in [0.25, 0.3) is 0 Å². The molecule has 1 aromatic carbocycles. The van der Waals surface area contributed by atoms with Crippen LogP contribution in [-0.2, 0) is 4.79 Å². The van der Waals surface area contributed by atoms with Crippen molar-refractivity contribution in [2.24, 2.45) is 5.10 Å². The minimum absolute atomic E-state index is 0.115. The van der Waals surface area contributed by atoms with Crippen molar-refractivity contribution in [3.8, 4) is 0 Å². The fourth-order valence-electron chi connectivity index (χ4n) is 3.21. The number of halogens is 2. The van der Waals surface area contributed by atoms with Gasteiger partial charge in [0.15, 0.2) is 0 Å². The summed E-state index contributed by atoms with van der Waals surface area (Å²) in [6.07, 6.45) is 5.31. The van der Waals surface area contributed by atoms with Gasteiger partial charge in [0.1, 0.15) is 5.37 Å². The highest BCUT2D eigenvalue weighted by Gasteiger charge is 2.34. The molecule has 1 fully saturated rings. The van der Waals surface area contributed by atoms with E-state index < -0.39 is 0 Å². The van der Waals surface area contributed by atoms with Gasteiger partial charge in [0, 0.05) is 22.7 Å². The third-order valence-electron chi connectivity index (χ3n) is 4.79. The Kier molecular flexibility index (Phi) is 7.49. The lowest BCUT2D eigenvalue weighted by molar-refractivity contribution is -0.127. The predicted octanol–water partition coefficient (Wildman–Crippen LogP) is 5.17. The smallest absolute Gasteiger partial charge is 0.233 e. The number of nitrogens with zero attached hydrogens (tertiary/aromatic N) is 2. The molecule has 1 aliphatic heterocycles. The van der Waals surface area contributed by atoms with Gasteiger partial charge in [0.2, 0.25) is 5.91 Å². The zero-order chi connectivity index (χ0) is 21.0. The second-order valence-corrected chi connectivity index (χ2v) is 9.14. The summed E-state index contributed by atoms with van der Waals surface area (Å²) in [6.45, 7) is 9.16. The van der Waals surface area contributed by atoms with Gasteiger partial charge in [-0.25, -0.2) is 0 Å². The first kappa shape index (κ1) is 22.0. The van der Waals surface area contributed by atoms with E-state index >= 15 is 0 Å². The van der Waals surface area contributed by atoms with Crippen molar-refractivity contribution in [3.05, 3.63) is 70.4 Å². The number of benzene rings is 1. The molecule has 29 heavy (non-hydrogen) atoms. The minimum Gasteiger partial charge on any atom is -0.326 e. The second kappa shape index (κ2) is 9.88. The maximum absolute atomic E-state index is 12.3. The first-order valence-corrected chi connectivity index (χ1v) is 11.5. The van der Waals surface area contributed by atoms with E-state index in [1.54, 1.807) is 17.8 Å². The van der Waals surface area contributed by atoms with Crippen molar-refractivity contribution < 1.29 is 4.79 Å². The van der Waals surface area contributed by atoms with Crippen LogP contribution in [0.1, 0.15) is 30.9 Å². The third-order valence-corrected chi connectivity index (χ3v) is 6.96. The molecule has 1 aliphatic carbocycles. The van der Waals surface area contributed by atoms with E-state index in [2.05, 4.69) is 24.0 Å². The zero-order valence-electron chi connectivity index (χ0n) is 16.6. The average molecular weight is 450 g/mol. The molecule has 4 nitrogen and oxygen atoms in total. The first-order chi connectivity index (χ1) is 13.9. The molecule has 0 saturated carbocycles. The summed E-state index contributed by atoms with van der Waals surface area (Å²) in [5, 5.41) is 4.96. The Labute approximate surface area is 186 Å². The van der Waals surface area contributed by atoms with Crippen molar-refractivity contribution in [1.29, 1.82) is 0 Å². The molecule has 0 radical (unpaired) electrons. The molecule has 1 saturated heterocycles. The van der Waals surface area contributed by atoms with Gasteiger partial charge in [-0.15, -0.1) is 23.4 Å². The van der Waals surface area contributed by atoms with E-state index in [0.29, 0.717) is 23.8 Å². The van der Waals surface area contributed by atoms with Crippen molar-refractivity contribution in [1.82, 2.24) is 10.3 Å². The van der Waals surface area contributed by atoms with E-state index in [0.717, 1.165) is 29.0 Å². The van der Waals surface area contributed by atoms with E-state index in [4.69, 9.17) is 23.2 Å². The summed E-state index contributed by atoms with van der Waals surface area (Å²) in [7, 11) is 0. The zero-order valence-corrected chi connectivity index (χ0v) is 18.9. The summed E-state index contributed by atoms with van der Waals surface area (Å²) >= 11 is 13.9. The number of hydrogen-bond donors (Lipinski definition) is 1. The maximum atomic E-state index is 12.3. The van der Waals surface area contributed by atoms with Crippen molar-refractivity contribution in [2.45, 2.75) is 37.4 Å². The molecule has 2 aliphatic rings. The van der Waals surface area contributed by atoms with Gasteiger partial charge in [0.05, 0.1) is 22.5 Å². The lowest BCUT2D eigenvalue weighted by Crippen LogP contribution is -2.36.